The summed E-state index contributed by atoms with van der Waals surface area (Å²) in [5.74, 6) is -0.915. The first-order valence-corrected chi connectivity index (χ1v) is 7.33. The van der Waals surface area contributed by atoms with Gasteiger partial charge in [0, 0.05) is 29.3 Å². The standard InChI is InChI=1S/C8H15ClO5S2/c9-6-4(7(10)15-12)2-1-3-5(6)8(11)16(13)14/h4-8,10-12H,1-3H2,(H,13,14). The minimum absolute atomic E-state index is 0.308. The SMILES string of the molecule is O=S(O)C(O)C1CCCC(C(O)SO)C1Cl. The largest absolute Gasteiger partial charge is 0.380 e. The predicted octanol–water partition coefficient (Wildman–Crippen LogP) is 1.07. The summed E-state index contributed by atoms with van der Waals surface area (Å²) in [7, 11) is 0. The summed E-state index contributed by atoms with van der Waals surface area (Å²) < 4.78 is 28.4. The van der Waals surface area contributed by atoms with Crippen molar-refractivity contribution in [1.82, 2.24) is 0 Å². The summed E-state index contributed by atoms with van der Waals surface area (Å²) in [5.41, 5.74) is -2.43. The molecule has 1 rings (SSSR count). The van der Waals surface area contributed by atoms with Crippen molar-refractivity contribution >= 4 is 34.7 Å². The summed E-state index contributed by atoms with van der Waals surface area (Å²) in [5, 5.41) is 18.4. The average molecular weight is 291 g/mol. The van der Waals surface area contributed by atoms with Crippen LogP contribution in [0.1, 0.15) is 19.3 Å². The van der Waals surface area contributed by atoms with Crippen LogP contribution in [0.4, 0.5) is 0 Å². The van der Waals surface area contributed by atoms with Gasteiger partial charge in [-0.3, -0.25) is 0 Å². The second kappa shape index (κ2) is 6.53. The van der Waals surface area contributed by atoms with Crippen LogP contribution in [-0.2, 0) is 11.1 Å². The van der Waals surface area contributed by atoms with Crippen LogP contribution >= 0.6 is 23.6 Å². The Morgan fingerprint density at radius 3 is 2.38 bits per heavy atom. The highest BCUT2D eigenvalue weighted by Gasteiger charge is 2.41. The Labute approximate surface area is 106 Å². The van der Waals surface area contributed by atoms with Crippen LogP contribution in [0.5, 0.6) is 0 Å². The second-order valence-corrected chi connectivity index (χ2v) is 6.10. The van der Waals surface area contributed by atoms with E-state index in [0.29, 0.717) is 31.3 Å². The quantitative estimate of drug-likeness (QED) is 0.268. The van der Waals surface area contributed by atoms with E-state index < -0.39 is 33.2 Å². The van der Waals surface area contributed by atoms with E-state index in [9.17, 15) is 14.4 Å². The van der Waals surface area contributed by atoms with Crippen molar-refractivity contribution in [2.75, 3.05) is 0 Å². The topological polar surface area (TPSA) is 98.0 Å². The molecule has 6 atom stereocenters. The van der Waals surface area contributed by atoms with Crippen LogP contribution in [0, 0.1) is 11.8 Å². The molecule has 4 N–H and O–H groups in total. The normalized spacial score (nSPS) is 36.7. The zero-order valence-electron chi connectivity index (χ0n) is 8.40. The number of aliphatic hydroxyl groups is 2. The Kier molecular flexibility index (Phi) is 6.00. The van der Waals surface area contributed by atoms with Crippen molar-refractivity contribution in [3.05, 3.63) is 0 Å². The van der Waals surface area contributed by atoms with E-state index in [4.69, 9.17) is 20.7 Å². The van der Waals surface area contributed by atoms with Crippen molar-refractivity contribution in [3.63, 3.8) is 0 Å². The van der Waals surface area contributed by atoms with Gasteiger partial charge in [-0.1, -0.05) is 6.42 Å². The fraction of sp³-hybridized carbons (Fsp3) is 1.00. The maximum atomic E-state index is 10.8. The summed E-state index contributed by atoms with van der Waals surface area (Å²) in [6.45, 7) is 0. The molecule has 0 aliphatic heterocycles. The van der Waals surface area contributed by atoms with E-state index in [1.165, 1.54) is 0 Å². The highest BCUT2D eigenvalue weighted by atomic mass is 35.5. The summed E-state index contributed by atoms with van der Waals surface area (Å²) in [6.07, 6.45) is 1.87. The van der Waals surface area contributed by atoms with Crippen molar-refractivity contribution in [2.45, 2.75) is 35.5 Å². The van der Waals surface area contributed by atoms with Crippen molar-refractivity contribution in [2.24, 2.45) is 11.8 Å². The molecule has 1 fully saturated rings. The lowest BCUT2D eigenvalue weighted by Crippen LogP contribution is -2.42. The van der Waals surface area contributed by atoms with Crippen molar-refractivity contribution in [1.29, 1.82) is 0 Å². The molecule has 6 unspecified atom stereocenters. The van der Waals surface area contributed by atoms with Crippen molar-refractivity contribution < 1.29 is 23.5 Å². The van der Waals surface area contributed by atoms with Gasteiger partial charge in [0.15, 0.2) is 16.5 Å². The molecule has 0 aromatic rings. The van der Waals surface area contributed by atoms with Crippen LogP contribution in [0.25, 0.3) is 0 Å². The highest BCUT2D eigenvalue weighted by Crippen LogP contribution is 2.39. The van der Waals surface area contributed by atoms with E-state index in [1.807, 2.05) is 0 Å². The third-order valence-corrected chi connectivity index (χ3v) is 4.92. The van der Waals surface area contributed by atoms with E-state index in [1.54, 1.807) is 0 Å². The summed E-state index contributed by atoms with van der Waals surface area (Å²) >= 11 is 4.04. The van der Waals surface area contributed by atoms with Crippen LogP contribution < -0.4 is 0 Å². The van der Waals surface area contributed by atoms with Crippen molar-refractivity contribution in [3.8, 4) is 0 Å². The van der Waals surface area contributed by atoms with E-state index in [-0.39, 0.29) is 5.92 Å². The smallest absolute Gasteiger partial charge is 0.182 e. The first-order chi connectivity index (χ1) is 7.49. The van der Waals surface area contributed by atoms with Crippen LogP contribution in [0.3, 0.4) is 0 Å². The third-order valence-electron chi connectivity index (χ3n) is 2.94. The minimum Gasteiger partial charge on any atom is -0.380 e. The van der Waals surface area contributed by atoms with E-state index >= 15 is 0 Å². The van der Waals surface area contributed by atoms with Crippen LogP contribution in [-0.4, -0.2) is 39.8 Å². The third kappa shape index (κ3) is 3.32. The molecule has 16 heavy (non-hydrogen) atoms. The van der Waals surface area contributed by atoms with Gasteiger partial charge >= 0.3 is 0 Å². The Balaban J connectivity index is 2.70. The lowest BCUT2D eigenvalue weighted by Gasteiger charge is -2.37. The molecular weight excluding hydrogens is 276 g/mol. The average Bonchev–Trinajstić information content (AvgIpc) is 2.27. The maximum Gasteiger partial charge on any atom is 0.182 e. The molecule has 0 radical (unpaired) electrons. The predicted molar refractivity (Wildman–Crippen MR) is 63.5 cm³/mol. The fourth-order valence-corrected chi connectivity index (χ4v) is 3.82. The minimum atomic E-state index is -2.34. The molecule has 1 saturated carbocycles. The Morgan fingerprint density at radius 1 is 1.31 bits per heavy atom. The maximum absolute atomic E-state index is 10.8. The lowest BCUT2D eigenvalue weighted by molar-refractivity contribution is 0.0891. The number of hydrogen-bond donors (Lipinski definition) is 4. The Morgan fingerprint density at radius 2 is 1.88 bits per heavy atom. The molecule has 0 spiro atoms. The number of alkyl halides is 1. The monoisotopic (exact) mass is 290 g/mol. The van der Waals surface area contributed by atoms with E-state index in [0.717, 1.165) is 0 Å². The molecule has 0 amide bonds. The zero-order valence-corrected chi connectivity index (χ0v) is 10.8. The van der Waals surface area contributed by atoms with Gasteiger partial charge in [0.05, 0.1) is 0 Å². The molecule has 5 nitrogen and oxygen atoms in total. The molecule has 1 aliphatic carbocycles. The molecule has 0 bridgehead atoms. The van der Waals surface area contributed by atoms with Gasteiger partial charge in [-0.25, -0.2) is 4.21 Å². The van der Waals surface area contributed by atoms with Gasteiger partial charge < -0.3 is 19.3 Å². The number of hydrogen-bond acceptors (Lipinski definition) is 5. The van der Waals surface area contributed by atoms with Gasteiger partial charge in [-0.15, -0.1) is 11.6 Å². The van der Waals surface area contributed by atoms with Gasteiger partial charge in [-0.2, -0.15) is 0 Å². The molecule has 1 aliphatic rings. The van der Waals surface area contributed by atoms with Gasteiger partial charge in [0.1, 0.15) is 5.44 Å². The molecule has 0 aromatic carbocycles. The molecular formula is C8H15ClO5S2. The van der Waals surface area contributed by atoms with Gasteiger partial charge in [0.25, 0.3) is 0 Å². The zero-order chi connectivity index (χ0) is 12.3. The number of aliphatic hydroxyl groups excluding tert-OH is 2. The first-order valence-electron chi connectivity index (χ1n) is 4.89. The van der Waals surface area contributed by atoms with Crippen LogP contribution in [0.2, 0.25) is 0 Å². The van der Waals surface area contributed by atoms with Gasteiger partial charge in [0.2, 0.25) is 0 Å². The first kappa shape index (κ1) is 14.7. The molecule has 0 heterocycles. The molecule has 0 aromatic heterocycles. The molecule has 0 saturated heterocycles. The fourth-order valence-electron chi connectivity index (χ4n) is 2.05. The highest BCUT2D eigenvalue weighted by molar-refractivity contribution is 7.94. The molecule has 96 valence electrons. The summed E-state index contributed by atoms with van der Waals surface area (Å²) in [6, 6.07) is 0. The lowest BCUT2D eigenvalue weighted by atomic mass is 9.81. The Bertz CT molecular complexity index is 255. The summed E-state index contributed by atoms with van der Waals surface area (Å²) in [4.78, 5) is 0. The number of rotatable bonds is 4. The van der Waals surface area contributed by atoms with Crippen LogP contribution in [0.15, 0.2) is 0 Å². The molecule has 8 heteroatoms. The second-order valence-electron chi connectivity index (χ2n) is 3.87. The van der Waals surface area contributed by atoms with Gasteiger partial charge in [-0.05, 0) is 12.8 Å². The Hall–Kier alpha value is 0.630. The van der Waals surface area contributed by atoms with E-state index in [2.05, 4.69) is 0 Å². The number of halogens is 1.